The Hall–Kier alpha value is -1.31. The van der Waals surface area contributed by atoms with Crippen LogP contribution in [0, 0.1) is 11.3 Å². The van der Waals surface area contributed by atoms with Crippen LogP contribution in [0.5, 0.6) is 0 Å². The Balaban J connectivity index is 2.19. The molecule has 0 bridgehead atoms. The van der Waals surface area contributed by atoms with Crippen LogP contribution in [0.15, 0.2) is 30.3 Å². The molecule has 1 aliphatic rings. The monoisotopic (exact) mass is 218 g/mol. The molecule has 0 aliphatic heterocycles. The third-order valence-corrected chi connectivity index (χ3v) is 3.86. The molecule has 2 rings (SSSR count). The fourth-order valence-electron chi connectivity index (χ4n) is 2.62. The van der Waals surface area contributed by atoms with Gasteiger partial charge < -0.3 is 4.74 Å². The minimum Gasteiger partial charge on any atom is -0.466 e. The molecule has 1 aromatic carbocycles. The van der Waals surface area contributed by atoms with Crippen molar-refractivity contribution >= 4 is 5.97 Å². The summed E-state index contributed by atoms with van der Waals surface area (Å²) in [5.41, 5.74) is 0.919. The molecule has 0 heterocycles. The van der Waals surface area contributed by atoms with Gasteiger partial charge in [-0.05, 0) is 25.3 Å². The van der Waals surface area contributed by atoms with E-state index >= 15 is 0 Å². The van der Waals surface area contributed by atoms with Crippen LogP contribution in [0.25, 0.3) is 0 Å². The topological polar surface area (TPSA) is 26.3 Å². The molecule has 1 saturated carbocycles. The molecule has 0 spiro atoms. The Kier molecular flexibility index (Phi) is 2.75. The molecule has 3 atom stereocenters. The summed E-state index contributed by atoms with van der Waals surface area (Å²) in [6.07, 6.45) is 0. The summed E-state index contributed by atoms with van der Waals surface area (Å²) in [6.45, 7) is 6.44. The second kappa shape index (κ2) is 3.93. The van der Waals surface area contributed by atoms with Gasteiger partial charge in [0.2, 0.25) is 0 Å². The maximum atomic E-state index is 11.9. The average molecular weight is 218 g/mol. The van der Waals surface area contributed by atoms with Gasteiger partial charge in [-0.2, -0.15) is 0 Å². The van der Waals surface area contributed by atoms with Gasteiger partial charge in [-0.15, -0.1) is 0 Å². The molecule has 0 N–H and O–H groups in total. The molecule has 2 heteroatoms. The van der Waals surface area contributed by atoms with Crippen LogP contribution in [-0.2, 0) is 9.53 Å². The summed E-state index contributed by atoms with van der Waals surface area (Å²) in [5, 5.41) is 0. The molecule has 0 aromatic heterocycles. The molecular formula is C14H18O2. The van der Waals surface area contributed by atoms with Crippen molar-refractivity contribution in [3.05, 3.63) is 35.9 Å². The number of benzene rings is 1. The van der Waals surface area contributed by atoms with E-state index < -0.39 is 0 Å². The van der Waals surface area contributed by atoms with Gasteiger partial charge in [-0.1, -0.05) is 37.3 Å². The van der Waals surface area contributed by atoms with Gasteiger partial charge in [0.05, 0.1) is 12.0 Å². The number of rotatable bonds is 3. The largest absolute Gasteiger partial charge is 0.466 e. The SMILES string of the molecule is CCOC(=O)[C@]1(C)C(C)C1c1ccccc1. The van der Waals surface area contributed by atoms with Gasteiger partial charge in [0, 0.05) is 5.92 Å². The molecule has 0 amide bonds. The number of ether oxygens (including phenoxy) is 1. The smallest absolute Gasteiger partial charge is 0.312 e. The Labute approximate surface area is 96.6 Å². The van der Waals surface area contributed by atoms with Crippen molar-refractivity contribution in [2.45, 2.75) is 26.7 Å². The second-order valence-electron chi connectivity index (χ2n) is 4.68. The average Bonchev–Trinajstić information content (AvgIpc) is 2.85. The summed E-state index contributed by atoms with van der Waals surface area (Å²) in [5.74, 6) is 0.623. The van der Waals surface area contributed by atoms with Gasteiger partial charge >= 0.3 is 5.97 Å². The first-order valence-corrected chi connectivity index (χ1v) is 5.84. The molecule has 0 radical (unpaired) electrons. The van der Waals surface area contributed by atoms with E-state index in [2.05, 4.69) is 19.1 Å². The minimum atomic E-state index is -0.322. The van der Waals surface area contributed by atoms with Crippen molar-refractivity contribution in [2.75, 3.05) is 6.61 Å². The lowest BCUT2D eigenvalue weighted by atomic mass is 10.0. The van der Waals surface area contributed by atoms with Crippen LogP contribution in [-0.4, -0.2) is 12.6 Å². The fraction of sp³-hybridized carbons (Fsp3) is 0.500. The van der Waals surface area contributed by atoms with E-state index in [1.807, 2.05) is 32.0 Å². The van der Waals surface area contributed by atoms with Crippen LogP contribution in [0.4, 0.5) is 0 Å². The van der Waals surface area contributed by atoms with E-state index in [1.165, 1.54) is 5.56 Å². The number of hydrogen-bond acceptors (Lipinski definition) is 2. The third-order valence-electron chi connectivity index (χ3n) is 3.86. The lowest BCUT2D eigenvalue weighted by Gasteiger charge is -2.10. The number of hydrogen-bond donors (Lipinski definition) is 0. The zero-order valence-corrected chi connectivity index (χ0v) is 10.1. The maximum Gasteiger partial charge on any atom is 0.312 e. The summed E-state index contributed by atoms with van der Waals surface area (Å²) < 4.78 is 5.15. The van der Waals surface area contributed by atoms with Gasteiger partial charge in [-0.25, -0.2) is 0 Å². The third kappa shape index (κ3) is 1.53. The van der Waals surface area contributed by atoms with E-state index in [0.717, 1.165) is 0 Å². The van der Waals surface area contributed by atoms with Crippen molar-refractivity contribution in [3.63, 3.8) is 0 Å². The van der Waals surface area contributed by atoms with Crippen LogP contribution in [0.1, 0.15) is 32.3 Å². The van der Waals surface area contributed by atoms with E-state index in [-0.39, 0.29) is 11.4 Å². The highest BCUT2D eigenvalue weighted by molar-refractivity contribution is 5.82. The molecule has 16 heavy (non-hydrogen) atoms. The molecule has 1 aromatic rings. The zero-order valence-electron chi connectivity index (χ0n) is 10.1. The van der Waals surface area contributed by atoms with Crippen molar-refractivity contribution in [1.29, 1.82) is 0 Å². The van der Waals surface area contributed by atoms with E-state index in [1.54, 1.807) is 0 Å². The fourth-order valence-corrected chi connectivity index (χ4v) is 2.62. The lowest BCUT2D eigenvalue weighted by molar-refractivity contribution is -0.149. The molecule has 2 nitrogen and oxygen atoms in total. The summed E-state index contributed by atoms with van der Waals surface area (Å²) in [6, 6.07) is 10.2. The van der Waals surface area contributed by atoms with E-state index in [0.29, 0.717) is 18.4 Å². The normalized spacial score (nSPS) is 32.2. The van der Waals surface area contributed by atoms with Crippen LogP contribution >= 0.6 is 0 Å². The Morgan fingerprint density at radius 1 is 1.38 bits per heavy atom. The second-order valence-corrected chi connectivity index (χ2v) is 4.68. The van der Waals surface area contributed by atoms with Gasteiger partial charge in [0.25, 0.3) is 0 Å². The number of esters is 1. The van der Waals surface area contributed by atoms with E-state index in [4.69, 9.17) is 4.74 Å². The van der Waals surface area contributed by atoms with Crippen LogP contribution < -0.4 is 0 Å². The molecule has 86 valence electrons. The summed E-state index contributed by atoms with van der Waals surface area (Å²) >= 11 is 0. The Morgan fingerprint density at radius 2 is 2.00 bits per heavy atom. The maximum absolute atomic E-state index is 11.9. The van der Waals surface area contributed by atoms with Gasteiger partial charge in [0.1, 0.15) is 0 Å². The standard InChI is InChI=1S/C14H18O2/c1-4-16-13(15)14(3)10(2)12(14)11-8-6-5-7-9-11/h5-10,12H,4H2,1-3H3/t10?,12?,14-/m1/s1. The van der Waals surface area contributed by atoms with Gasteiger partial charge in [-0.3, -0.25) is 4.79 Å². The first-order valence-electron chi connectivity index (χ1n) is 5.84. The van der Waals surface area contributed by atoms with Crippen molar-refractivity contribution in [2.24, 2.45) is 11.3 Å². The predicted octanol–water partition coefficient (Wildman–Crippen LogP) is 2.99. The molecular weight excluding hydrogens is 200 g/mol. The van der Waals surface area contributed by atoms with Crippen molar-refractivity contribution in [1.82, 2.24) is 0 Å². The zero-order chi connectivity index (χ0) is 11.8. The molecule has 1 aliphatic carbocycles. The number of carbonyl (C=O) groups excluding carboxylic acids is 1. The van der Waals surface area contributed by atoms with Crippen molar-refractivity contribution < 1.29 is 9.53 Å². The molecule has 2 unspecified atom stereocenters. The van der Waals surface area contributed by atoms with Crippen LogP contribution in [0.3, 0.4) is 0 Å². The predicted molar refractivity (Wildman–Crippen MR) is 63.1 cm³/mol. The quantitative estimate of drug-likeness (QED) is 0.729. The Morgan fingerprint density at radius 3 is 2.56 bits per heavy atom. The number of carbonyl (C=O) groups is 1. The first-order chi connectivity index (χ1) is 7.62. The van der Waals surface area contributed by atoms with Crippen LogP contribution in [0.2, 0.25) is 0 Å². The highest BCUT2D eigenvalue weighted by atomic mass is 16.5. The first kappa shape index (κ1) is 11.2. The van der Waals surface area contributed by atoms with Gasteiger partial charge in [0.15, 0.2) is 0 Å². The Bertz CT molecular complexity index is 385. The summed E-state index contributed by atoms with van der Waals surface area (Å²) in [7, 11) is 0. The minimum absolute atomic E-state index is 0.0589. The molecule has 1 fully saturated rings. The lowest BCUT2D eigenvalue weighted by Crippen LogP contribution is -2.18. The van der Waals surface area contributed by atoms with E-state index in [9.17, 15) is 4.79 Å². The summed E-state index contributed by atoms with van der Waals surface area (Å²) in [4.78, 5) is 11.9. The van der Waals surface area contributed by atoms with Crippen molar-refractivity contribution in [3.8, 4) is 0 Å². The highest BCUT2D eigenvalue weighted by Gasteiger charge is 2.65. The molecule has 0 saturated heterocycles. The highest BCUT2D eigenvalue weighted by Crippen LogP contribution is 2.64.